The Labute approximate surface area is 149 Å². The van der Waals surface area contributed by atoms with Crippen LogP contribution >= 0.6 is 0 Å². The van der Waals surface area contributed by atoms with Gasteiger partial charge in [0, 0.05) is 18.3 Å². The lowest BCUT2D eigenvalue weighted by Gasteiger charge is -2.20. The summed E-state index contributed by atoms with van der Waals surface area (Å²) in [7, 11) is 0. The Bertz CT molecular complexity index is 901. The van der Waals surface area contributed by atoms with Crippen molar-refractivity contribution in [2.45, 2.75) is 6.92 Å². The molecule has 0 aliphatic heterocycles. The fourth-order valence-electron chi connectivity index (χ4n) is 2.43. The molecule has 0 unspecified atom stereocenters. The Hall–Kier alpha value is -3.35. The van der Waals surface area contributed by atoms with Crippen LogP contribution in [0.4, 0.5) is 26.0 Å². The van der Waals surface area contributed by atoms with Crippen LogP contribution in [0.25, 0.3) is 0 Å². The molecule has 1 amide bonds. The van der Waals surface area contributed by atoms with E-state index in [2.05, 4.69) is 15.5 Å². The van der Waals surface area contributed by atoms with Crippen molar-refractivity contribution in [1.29, 1.82) is 0 Å². The quantitative estimate of drug-likeness (QED) is 0.747. The number of hydrogen-bond acceptors (Lipinski definition) is 4. The molecule has 0 aliphatic rings. The van der Waals surface area contributed by atoms with Crippen molar-refractivity contribution in [2.75, 3.05) is 16.8 Å². The lowest BCUT2D eigenvalue weighted by Crippen LogP contribution is -2.31. The van der Waals surface area contributed by atoms with Crippen molar-refractivity contribution in [3.63, 3.8) is 0 Å². The molecule has 1 aromatic heterocycles. The van der Waals surface area contributed by atoms with Crippen LogP contribution in [-0.2, 0) is 0 Å². The topological polar surface area (TPSA) is 58.1 Å². The Morgan fingerprint density at radius 3 is 2.42 bits per heavy atom. The molecular formula is C19H16F2N4O. The van der Waals surface area contributed by atoms with Gasteiger partial charge in [-0.05, 0) is 43.3 Å². The van der Waals surface area contributed by atoms with Crippen LogP contribution < -0.4 is 10.2 Å². The summed E-state index contributed by atoms with van der Waals surface area (Å²) in [6.07, 6.45) is 0. The second-order valence-corrected chi connectivity index (χ2v) is 5.44. The number of carbonyl (C=O) groups is 1. The summed E-state index contributed by atoms with van der Waals surface area (Å²) in [5.74, 6) is -1.45. The number of nitrogens with one attached hydrogen (secondary N) is 1. The smallest absolute Gasteiger partial charge is 0.278 e. The zero-order valence-electron chi connectivity index (χ0n) is 14.0. The van der Waals surface area contributed by atoms with E-state index in [4.69, 9.17) is 0 Å². The van der Waals surface area contributed by atoms with E-state index in [0.717, 1.165) is 17.8 Å². The Morgan fingerprint density at radius 2 is 1.81 bits per heavy atom. The van der Waals surface area contributed by atoms with Gasteiger partial charge in [0.2, 0.25) is 0 Å². The number of nitrogens with zero attached hydrogens (tertiary/aromatic N) is 3. The molecule has 5 nitrogen and oxygen atoms in total. The monoisotopic (exact) mass is 354 g/mol. The fraction of sp³-hybridized carbons (Fsp3) is 0.105. The number of halogens is 2. The molecule has 0 aliphatic carbocycles. The average Bonchev–Trinajstić information content (AvgIpc) is 2.66. The van der Waals surface area contributed by atoms with Crippen LogP contribution in [0.15, 0.2) is 60.7 Å². The zero-order valence-corrected chi connectivity index (χ0v) is 14.0. The molecule has 26 heavy (non-hydrogen) atoms. The van der Waals surface area contributed by atoms with Crippen molar-refractivity contribution in [3.05, 3.63) is 78.0 Å². The number of carbonyl (C=O) groups excluding carboxylic acids is 1. The zero-order chi connectivity index (χ0) is 18.5. The van der Waals surface area contributed by atoms with E-state index in [-0.39, 0.29) is 23.1 Å². The summed E-state index contributed by atoms with van der Waals surface area (Å²) in [5.41, 5.74) is 0.998. The summed E-state index contributed by atoms with van der Waals surface area (Å²) in [6.45, 7) is 2.34. The molecule has 0 fully saturated rings. The molecule has 132 valence electrons. The maximum absolute atomic E-state index is 13.7. The molecule has 0 bridgehead atoms. The maximum atomic E-state index is 13.7. The van der Waals surface area contributed by atoms with Crippen LogP contribution in [0.1, 0.15) is 17.4 Å². The van der Waals surface area contributed by atoms with Gasteiger partial charge in [-0.3, -0.25) is 4.79 Å². The SMILES string of the molecule is CCN(C(=O)c1ccc(Nc2ccc(F)cc2F)nn1)c1ccccc1. The third kappa shape index (κ3) is 3.83. The molecule has 1 heterocycles. The van der Waals surface area contributed by atoms with Crippen LogP contribution in [0, 0.1) is 11.6 Å². The molecule has 7 heteroatoms. The molecule has 0 spiro atoms. The van der Waals surface area contributed by atoms with Gasteiger partial charge in [0.15, 0.2) is 11.5 Å². The van der Waals surface area contributed by atoms with Gasteiger partial charge in [0.05, 0.1) is 5.69 Å². The third-order valence-corrected chi connectivity index (χ3v) is 3.71. The van der Waals surface area contributed by atoms with Gasteiger partial charge in [-0.1, -0.05) is 18.2 Å². The molecule has 0 atom stereocenters. The van der Waals surface area contributed by atoms with E-state index in [1.54, 1.807) is 4.90 Å². The number of anilines is 3. The minimum atomic E-state index is -0.742. The molecule has 0 saturated heterocycles. The summed E-state index contributed by atoms with van der Waals surface area (Å²) >= 11 is 0. The van der Waals surface area contributed by atoms with Crippen molar-refractivity contribution < 1.29 is 13.6 Å². The highest BCUT2D eigenvalue weighted by Crippen LogP contribution is 2.20. The van der Waals surface area contributed by atoms with Crippen LogP contribution in [0.2, 0.25) is 0 Å². The third-order valence-electron chi connectivity index (χ3n) is 3.71. The van der Waals surface area contributed by atoms with Gasteiger partial charge in [-0.25, -0.2) is 8.78 Å². The predicted octanol–water partition coefficient (Wildman–Crippen LogP) is 4.17. The summed E-state index contributed by atoms with van der Waals surface area (Å²) in [4.78, 5) is 14.2. The van der Waals surface area contributed by atoms with Crippen LogP contribution in [-0.4, -0.2) is 22.6 Å². The summed E-state index contributed by atoms with van der Waals surface area (Å²) in [5, 5.41) is 10.5. The van der Waals surface area contributed by atoms with Crippen LogP contribution in [0.3, 0.4) is 0 Å². The van der Waals surface area contributed by atoms with E-state index in [1.807, 2.05) is 37.3 Å². The van der Waals surface area contributed by atoms with Gasteiger partial charge >= 0.3 is 0 Å². The van der Waals surface area contributed by atoms with E-state index in [1.165, 1.54) is 18.2 Å². The molecule has 0 saturated carbocycles. The molecule has 0 radical (unpaired) electrons. The number of hydrogen-bond donors (Lipinski definition) is 1. The van der Waals surface area contributed by atoms with Crippen molar-refractivity contribution in [1.82, 2.24) is 10.2 Å². The van der Waals surface area contributed by atoms with Crippen molar-refractivity contribution in [3.8, 4) is 0 Å². The Kier molecular flexibility index (Phi) is 5.17. The fourth-order valence-corrected chi connectivity index (χ4v) is 2.43. The lowest BCUT2D eigenvalue weighted by molar-refractivity contribution is 0.0982. The first-order chi connectivity index (χ1) is 12.6. The largest absolute Gasteiger partial charge is 0.336 e. The van der Waals surface area contributed by atoms with Gasteiger partial charge < -0.3 is 10.2 Å². The molecule has 3 rings (SSSR count). The van der Waals surface area contributed by atoms with E-state index >= 15 is 0 Å². The first-order valence-corrected chi connectivity index (χ1v) is 8.01. The lowest BCUT2D eigenvalue weighted by atomic mass is 10.2. The summed E-state index contributed by atoms with van der Waals surface area (Å²) in [6, 6.07) is 15.4. The van der Waals surface area contributed by atoms with Gasteiger partial charge in [0.25, 0.3) is 5.91 Å². The van der Waals surface area contributed by atoms with E-state index in [0.29, 0.717) is 6.54 Å². The minimum absolute atomic E-state index is 0.0687. The molecule has 3 aromatic rings. The second kappa shape index (κ2) is 7.69. The van der Waals surface area contributed by atoms with E-state index < -0.39 is 11.6 Å². The highest BCUT2D eigenvalue weighted by atomic mass is 19.1. The van der Waals surface area contributed by atoms with E-state index in [9.17, 15) is 13.6 Å². The number of benzene rings is 2. The highest BCUT2D eigenvalue weighted by Gasteiger charge is 2.17. The number of rotatable bonds is 5. The predicted molar refractivity (Wildman–Crippen MR) is 95.5 cm³/mol. The number of amides is 1. The Morgan fingerprint density at radius 1 is 1.04 bits per heavy atom. The Balaban J connectivity index is 1.77. The first kappa shape index (κ1) is 17.5. The van der Waals surface area contributed by atoms with Gasteiger partial charge in [0.1, 0.15) is 11.6 Å². The minimum Gasteiger partial charge on any atom is -0.336 e. The van der Waals surface area contributed by atoms with Gasteiger partial charge in [-0.2, -0.15) is 0 Å². The maximum Gasteiger partial charge on any atom is 0.278 e. The van der Waals surface area contributed by atoms with Gasteiger partial charge in [-0.15, -0.1) is 10.2 Å². The standard InChI is InChI=1S/C19H16F2N4O/c1-2-25(14-6-4-3-5-7-14)19(26)17-10-11-18(24-23-17)22-16-9-8-13(20)12-15(16)21/h3-12H,2H2,1H3,(H,22,24). The first-order valence-electron chi connectivity index (χ1n) is 8.01. The normalized spacial score (nSPS) is 10.4. The highest BCUT2D eigenvalue weighted by molar-refractivity contribution is 6.04. The second-order valence-electron chi connectivity index (χ2n) is 5.44. The number of para-hydroxylation sites is 1. The molecular weight excluding hydrogens is 338 g/mol. The van der Waals surface area contributed by atoms with Crippen molar-refractivity contribution >= 4 is 23.1 Å². The number of aromatic nitrogens is 2. The molecule has 1 N–H and O–H groups in total. The average molecular weight is 354 g/mol. The van der Waals surface area contributed by atoms with Crippen molar-refractivity contribution in [2.24, 2.45) is 0 Å². The summed E-state index contributed by atoms with van der Waals surface area (Å²) < 4.78 is 26.6. The molecule has 2 aromatic carbocycles. The van der Waals surface area contributed by atoms with Crippen LogP contribution in [0.5, 0.6) is 0 Å².